The van der Waals surface area contributed by atoms with E-state index in [4.69, 9.17) is 18.9 Å². The van der Waals surface area contributed by atoms with E-state index in [-0.39, 0.29) is 0 Å². The summed E-state index contributed by atoms with van der Waals surface area (Å²) in [4.78, 5) is 2.19. The Morgan fingerprint density at radius 1 is 1.07 bits per heavy atom. The summed E-state index contributed by atoms with van der Waals surface area (Å²) in [5.41, 5.74) is 2.15. The van der Waals surface area contributed by atoms with Gasteiger partial charge >= 0.3 is 0 Å². The molecular weight excluding hydrogens is 436 g/mol. The fourth-order valence-corrected chi connectivity index (χ4v) is 3.71. The van der Waals surface area contributed by atoms with Gasteiger partial charge in [0.25, 0.3) is 0 Å². The molecule has 0 saturated heterocycles. The van der Waals surface area contributed by atoms with E-state index in [9.17, 15) is 0 Å². The highest BCUT2D eigenvalue weighted by atomic mass is 79.9. The summed E-state index contributed by atoms with van der Waals surface area (Å²) in [7, 11) is 5.84. The van der Waals surface area contributed by atoms with Gasteiger partial charge in [-0.25, -0.2) is 0 Å². The number of nitrogens with zero attached hydrogens (tertiary/aromatic N) is 1. The van der Waals surface area contributed by atoms with Crippen molar-refractivity contribution in [3.05, 3.63) is 45.9 Å². The lowest BCUT2D eigenvalue weighted by atomic mass is 10.2. The first kappa shape index (κ1) is 21.7. The summed E-state index contributed by atoms with van der Waals surface area (Å²) in [5, 5.41) is 3.47. The van der Waals surface area contributed by atoms with Gasteiger partial charge in [-0.05, 0) is 84.9 Å². The maximum Gasteiger partial charge on any atom is 0.175 e. The summed E-state index contributed by atoms with van der Waals surface area (Å²) < 4.78 is 23.7. The zero-order valence-corrected chi connectivity index (χ0v) is 18.9. The Labute approximate surface area is 181 Å². The summed E-state index contributed by atoms with van der Waals surface area (Å²) in [5.74, 6) is 2.95. The Hall–Kier alpha value is -1.96. The Morgan fingerprint density at radius 3 is 2.62 bits per heavy atom. The van der Waals surface area contributed by atoms with Crippen LogP contribution in [0.2, 0.25) is 0 Å². The van der Waals surface area contributed by atoms with Crippen LogP contribution >= 0.6 is 15.9 Å². The maximum atomic E-state index is 6.07. The molecule has 29 heavy (non-hydrogen) atoms. The second-order valence-electron chi connectivity index (χ2n) is 7.21. The van der Waals surface area contributed by atoms with E-state index in [0.29, 0.717) is 31.3 Å². The topological polar surface area (TPSA) is 52.2 Å². The van der Waals surface area contributed by atoms with E-state index in [1.807, 2.05) is 24.3 Å². The molecule has 0 spiro atoms. The van der Waals surface area contributed by atoms with Gasteiger partial charge in [-0.1, -0.05) is 6.07 Å². The van der Waals surface area contributed by atoms with Gasteiger partial charge in [-0.2, -0.15) is 0 Å². The van der Waals surface area contributed by atoms with Crippen molar-refractivity contribution >= 4 is 15.9 Å². The Kier molecular flexibility index (Phi) is 8.03. The van der Waals surface area contributed by atoms with Crippen LogP contribution < -0.4 is 24.3 Å². The summed E-state index contributed by atoms with van der Waals surface area (Å²) in [6, 6.07) is 9.95. The highest BCUT2D eigenvalue weighted by Gasteiger charge is 2.15. The number of nitrogens with one attached hydrogen (secondary N) is 1. The lowest BCUT2D eigenvalue weighted by Gasteiger charge is -2.19. The highest BCUT2D eigenvalue weighted by Crippen LogP contribution is 2.38. The number of rotatable bonds is 10. The van der Waals surface area contributed by atoms with Crippen molar-refractivity contribution in [3.8, 4) is 23.0 Å². The molecule has 3 rings (SSSR count). The molecule has 1 N–H and O–H groups in total. The molecule has 0 amide bonds. The van der Waals surface area contributed by atoms with Crippen molar-refractivity contribution < 1.29 is 18.9 Å². The largest absolute Gasteiger partial charge is 0.493 e. The first-order valence-corrected chi connectivity index (χ1v) is 10.6. The molecule has 1 aliphatic rings. The number of hydrogen-bond acceptors (Lipinski definition) is 6. The van der Waals surface area contributed by atoms with Crippen LogP contribution in [-0.4, -0.2) is 52.4 Å². The number of methoxy groups -OCH3 is 1. The van der Waals surface area contributed by atoms with Gasteiger partial charge in [-0.3, -0.25) is 0 Å². The Bertz CT molecular complexity index is 814. The molecule has 0 radical (unpaired) electrons. The molecule has 2 aromatic carbocycles. The minimum absolute atomic E-state index is 0.410. The summed E-state index contributed by atoms with van der Waals surface area (Å²) >= 11 is 3.63. The Balaban J connectivity index is 1.60. The van der Waals surface area contributed by atoms with E-state index >= 15 is 0 Å². The van der Waals surface area contributed by atoms with Gasteiger partial charge in [0, 0.05) is 6.54 Å². The number of benzene rings is 2. The van der Waals surface area contributed by atoms with Crippen LogP contribution in [0, 0.1) is 0 Å². The van der Waals surface area contributed by atoms with Crippen LogP contribution in [0.15, 0.2) is 34.8 Å². The zero-order chi connectivity index (χ0) is 20.6. The summed E-state index contributed by atoms with van der Waals surface area (Å²) in [6.07, 6.45) is 1.11. The lowest BCUT2D eigenvalue weighted by Crippen LogP contribution is -2.21. The minimum atomic E-state index is 0.410. The zero-order valence-electron chi connectivity index (χ0n) is 17.3. The molecule has 158 valence electrons. The van der Waals surface area contributed by atoms with Crippen LogP contribution in [0.1, 0.15) is 17.5 Å². The normalized spacial score (nSPS) is 12.9. The molecule has 1 aliphatic heterocycles. The van der Waals surface area contributed by atoms with Gasteiger partial charge < -0.3 is 29.2 Å². The van der Waals surface area contributed by atoms with E-state index < -0.39 is 0 Å². The van der Waals surface area contributed by atoms with Gasteiger partial charge in [0.1, 0.15) is 19.8 Å². The number of fused-ring (bicyclic) bond motifs is 1. The van der Waals surface area contributed by atoms with Crippen molar-refractivity contribution in [2.75, 3.05) is 47.5 Å². The molecule has 0 unspecified atom stereocenters. The monoisotopic (exact) mass is 464 g/mol. The van der Waals surface area contributed by atoms with E-state index in [1.54, 1.807) is 7.11 Å². The average Bonchev–Trinajstić information content (AvgIpc) is 2.72. The van der Waals surface area contributed by atoms with Crippen molar-refractivity contribution in [2.24, 2.45) is 0 Å². The van der Waals surface area contributed by atoms with Crippen molar-refractivity contribution in [3.63, 3.8) is 0 Å². The molecule has 0 aromatic heterocycles. The quantitative estimate of drug-likeness (QED) is 0.538. The molecule has 2 aromatic rings. The van der Waals surface area contributed by atoms with Crippen molar-refractivity contribution in [2.45, 2.75) is 19.6 Å². The average molecular weight is 465 g/mol. The third-order valence-corrected chi connectivity index (χ3v) is 5.16. The van der Waals surface area contributed by atoms with Crippen molar-refractivity contribution in [1.82, 2.24) is 10.2 Å². The second kappa shape index (κ2) is 10.7. The van der Waals surface area contributed by atoms with Crippen LogP contribution in [0.25, 0.3) is 0 Å². The molecule has 0 aliphatic carbocycles. The predicted molar refractivity (Wildman–Crippen MR) is 117 cm³/mol. The predicted octanol–water partition coefficient (Wildman–Crippen LogP) is 3.85. The minimum Gasteiger partial charge on any atom is -0.493 e. The van der Waals surface area contributed by atoms with Gasteiger partial charge in [0.05, 0.1) is 11.6 Å². The summed E-state index contributed by atoms with van der Waals surface area (Å²) in [6.45, 7) is 4.40. The van der Waals surface area contributed by atoms with Crippen molar-refractivity contribution in [1.29, 1.82) is 0 Å². The lowest BCUT2D eigenvalue weighted by molar-refractivity contribution is 0.171. The van der Waals surface area contributed by atoms with Gasteiger partial charge in [0.15, 0.2) is 23.0 Å². The number of hydrogen-bond donors (Lipinski definition) is 1. The van der Waals surface area contributed by atoms with Gasteiger partial charge in [-0.15, -0.1) is 0 Å². The van der Waals surface area contributed by atoms with Gasteiger partial charge in [0.2, 0.25) is 0 Å². The van der Waals surface area contributed by atoms with Crippen LogP contribution in [0.5, 0.6) is 23.0 Å². The fraction of sp³-hybridized carbons (Fsp3) is 0.455. The molecule has 1 heterocycles. The van der Waals surface area contributed by atoms with Crippen LogP contribution in [0.3, 0.4) is 0 Å². The molecule has 0 fully saturated rings. The second-order valence-corrected chi connectivity index (χ2v) is 8.06. The molecule has 0 bridgehead atoms. The molecule has 7 heteroatoms. The standard InChI is InChI=1S/C22H29BrN2O4/c1-25(2)8-4-7-24-14-17-11-18(23)22(21(13-17)26-3)29-15-16-5-6-19-20(12-16)28-10-9-27-19/h5-6,11-13,24H,4,7-10,14-15H2,1-3H3. The molecule has 6 nitrogen and oxygen atoms in total. The fourth-order valence-electron chi connectivity index (χ4n) is 3.10. The van der Waals surface area contributed by atoms with E-state index in [1.165, 1.54) is 0 Å². The van der Waals surface area contributed by atoms with E-state index in [0.717, 1.165) is 53.2 Å². The first-order chi connectivity index (χ1) is 14.1. The highest BCUT2D eigenvalue weighted by molar-refractivity contribution is 9.10. The van der Waals surface area contributed by atoms with E-state index in [2.05, 4.69) is 46.3 Å². The molecule has 0 atom stereocenters. The first-order valence-electron chi connectivity index (χ1n) is 9.80. The smallest absolute Gasteiger partial charge is 0.175 e. The Morgan fingerprint density at radius 2 is 1.86 bits per heavy atom. The SMILES string of the molecule is COc1cc(CNCCCN(C)C)cc(Br)c1OCc1ccc2c(c1)OCCO2. The third-order valence-electron chi connectivity index (χ3n) is 4.57. The number of ether oxygens (including phenoxy) is 4. The molecular formula is C22H29BrN2O4. The number of halogens is 1. The molecule has 0 saturated carbocycles. The maximum absolute atomic E-state index is 6.07. The van der Waals surface area contributed by atoms with Crippen LogP contribution in [0.4, 0.5) is 0 Å². The van der Waals surface area contributed by atoms with Crippen LogP contribution in [-0.2, 0) is 13.2 Å². The third kappa shape index (κ3) is 6.26.